The lowest BCUT2D eigenvalue weighted by Crippen LogP contribution is -1.92. The van der Waals surface area contributed by atoms with Crippen LogP contribution in [-0.4, -0.2) is 0 Å². The Morgan fingerprint density at radius 2 is 0.771 bits per heavy atom. The maximum Gasteiger partial charge on any atom is 0.143 e. The van der Waals surface area contributed by atoms with Crippen LogP contribution in [0.4, 0.5) is 0 Å². The zero-order chi connectivity index (χ0) is 31.6. The maximum absolute atomic E-state index is 6.86. The summed E-state index contributed by atoms with van der Waals surface area (Å²) in [5.74, 6) is 0.858. The average Bonchev–Trinajstić information content (AvgIpc) is 3.71. The quantitative estimate of drug-likeness (QED) is 0.185. The van der Waals surface area contributed by atoms with E-state index in [0.717, 1.165) is 49.8 Å². The molecule has 0 aliphatic heterocycles. The molecular formula is C46H28O2. The zero-order valence-corrected chi connectivity index (χ0v) is 26.0. The summed E-state index contributed by atoms with van der Waals surface area (Å²) in [5, 5.41) is 8.05. The van der Waals surface area contributed by atoms with Gasteiger partial charge in [-0.3, -0.25) is 0 Å². The number of rotatable bonds is 4. The van der Waals surface area contributed by atoms with Crippen LogP contribution in [0.15, 0.2) is 179 Å². The molecule has 0 saturated heterocycles. The molecule has 224 valence electrons. The summed E-state index contributed by atoms with van der Waals surface area (Å²) in [6.45, 7) is 0. The molecule has 2 nitrogen and oxygen atoms in total. The molecule has 0 amide bonds. The largest absolute Gasteiger partial charge is 0.456 e. The van der Waals surface area contributed by atoms with Crippen molar-refractivity contribution in [2.24, 2.45) is 0 Å². The summed E-state index contributed by atoms with van der Waals surface area (Å²) in [5.41, 5.74) is 10.7. The van der Waals surface area contributed by atoms with Crippen LogP contribution >= 0.6 is 0 Å². The molecular weight excluding hydrogens is 585 g/mol. The van der Waals surface area contributed by atoms with E-state index in [2.05, 4.69) is 152 Å². The van der Waals surface area contributed by atoms with E-state index < -0.39 is 0 Å². The first-order valence-electron chi connectivity index (χ1n) is 16.3. The highest BCUT2D eigenvalue weighted by molar-refractivity contribution is 6.26. The number of hydrogen-bond acceptors (Lipinski definition) is 2. The van der Waals surface area contributed by atoms with Crippen LogP contribution in [0, 0.1) is 0 Å². The SMILES string of the molecule is c1ccc(-c2cccc(-c3c4ccccc4c(-c4c(-c5ccccc5)oc5cc6oc7ccccc7c6cc45)c4ccccc34)c2)cc1. The fourth-order valence-electron chi connectivity index (χ4n) is 7.55. The number of hydrogen-bond donors (Lipinski definition) is 0. The minimum atomic E-state index is 0.809. The van der Waals surface area contributed by atoms with Gasteiger partial charge in [-0.25, -0.2) is 0 Å². The summed E-state index contributed by atoms with van der Waals surface area (Å²) in [6, 6.07) is 60.3. The lowest BCUT2D eigenvalue weighted by Gasteiger charge is -2.18. The Hall–Kier alpha value is -6.38. The molecule has 0 atom stereocenters. The minimum Gasteiger partial charge on any atom is -0.456 e. The van der Waals surface area contributed by atoms with Crippen LogP contribution in [0.25, 0.3) is 99.2 Å². The molecule has 0 unspecified atom stereocenters. The number of para-hydroxylation sites is 1. The smallest absolute Gasteiger partial charge is 0.143 e. The highest BCUT2D eigenvalue weighted by atomic mass is 16.3. The third-order valence-corrected chi connectivity index (χ3v) is 9.66. The molecule has 0 fully saturated rings. The van der Waals surface area contributed by atoms with Gasteiger partial charge in [-0.1, -0.05) is 146 Å². The summed E-state index contributed by atoms with van der Waals surface area (Å²) < 4.78 is 13.2. The normalized spacial score (nSPS) is 11.8. The van der Waals surface area contributed by atoms with Gasteiger partial charge in [0.25, 0.3) is 0 Å². The molecule has 10 rings (SSSR count). The van der Waals surface area contributed by atoms with Gasteiger partial charge in [0.1, 0.15) is 22.5 Å². The molecule has 10 aromatic rings. The Morgan fingerprint density at radius 1 is 0.250 bits per heavy atom. The summed E-state index contributed by atoms with van der Waals surface area (Å²) >= 11 is 0. The molecule has 0 bridgehead atoms. The second-order valence-electron chi connectivity index (χ2n) is 12.4. The molecule has 8 aromatic carbocycles. The Morgan fingerprint density at radius 3 is 1.46 bits per heavy atom. The number of furan rings is 2. The van der Waals surface area contributed by atoms with E-state index in [0.29, 0.717) is 0 Å². The zero-order valence-electron chi connectivity index (χ0n) is 26.0. The molecule has 2 heterocycles. The third kappa shape index (κ3) is 4.06. The van der Waals surface area contributed by atoms with E-state index in [-0.39, 0.29) is 0 Å². The standard InChI is InChI=1S/C46H28O2/c1-3-14-29(15-4-1)31-18-13-19-32(26-31)43-34-21-7-9-23-36(34)44(37-24-10-8-22-35(37)43)45-39-27-38-33-20-11-12-25-40(33)47-41(38)28-42(39)48-46(45)30-16-5-2-6-17-30/h1-28H. The van der Waals surface area contributed by atoms with E-state index in [1.165, 1.54) is 49.4 Å². The van der Waals surface area contributed by atoms with Crippen molar-refractivity contribution < 1.29 is 8.83 Å². The summed E-state index contributed by atoms with van der Waals surface area (Å²) in [4.78, 5) is 0. The van der Waals surface area contributed by atoms with Crippen LogP contribution < -0.4 is 0 Å². The van der Waals surface area contributed by atoms with E-state index in [9.17, 15) is 0 Å². The Balaban J connectivity index is 1.34. The van der Waals surface area contributed by atoms with Crippen LogP contribution in [0.1, 0.15) is 0 Å². The second-order valence-corrected chi connectivity index (χ2v) is 12.4. The maximum atomic E-state index is 6.86. The van der Waals surface area contributed by atoms with E-state index >= 15 is 0 Å². The Bertz CT molecular complexity index is 2760. The van der Waals surface area contributed by atoms with E-state index in [1.54, 1.807) is 0 Å². The Kier molecular flexibility index (Phi) is 5.91. The van der Waals surface area contributed by atoms with Crippen molar-refractivity contribution in [3.63, 3.8) is 0 Å². The Labute approximate surface area is 277 Å². The number of benzene rings is 8. The van der Waals surface area contributed by atoms with Crippen molar-refractivity contribution >= 4 is 54.5 Å². The van der Waals surface area contributed by atoms with Crippen LogP contribution in [0.3, 0.4) is 0 Å². The molecule has 2 aromatic heterocycles. The summed E-state index contributed by atoms with van der Waals surface area (Å²) in [7, 11) is 0. The monoisotopic (exact) mass is 612 g/mol. The van der Waals surface area contributed by atoms with Gasteiger partial charge in [-0.2, -0.15) is 0 Å². The second kappa shape index (κ2) is 10.6. The molecule has 48 heavy (non-hydrogen) atoms. The van der Waals surface area contributed by atoms with Crippen LogP contribution in [-0.2, 0) is 0 Å². The van der Waals surface area contributed by atoms with E-state index in [4.69, 9.17) is 8.83 Å². The van der Waals surface area contributed by atoms with Gasteiger partial charge < -0.3 is 8.83 Å². The first-order valence-corrected chi connectivity index (χ1v) is 16.3. The highest BCUT2D eigenvalue weighted by Gasteiger charge is 2.25. The van der Waals surface area contributed by atoms with E-state index in [1.807, 2.05) is 18.2 Å². The van der Waals surface area contributed by atoms with Crippen molar-refractivity contribution in [1.82, 2.24) is 0 Å². The van der Waals surface area contributed by atoms with Crippen molar-refractivity contribution in [2.45, 2.75) is 0 Å². The van der Waals surface area contributed by atoms with Gasteiger partial charge in [0.2, 0.25) is 0 Å². The van der Waals surface area contributed by atoms with Gasteiger partial charge in [0.05, 0.1) is 0 Å². The molecule has 0 aliphatic rings. The van der Waals surface area contributed by atoms with Crippen LogP contribution in [0.5, 0.6) is 0 Å². The fourth-order valence-corrected chi connectivity index (χ4v) is 7.55. The molecule has 0 radical (unpaired) electrons. The van der Waals surface area contributed by atoms with Crippen molar-refractivity contribution in [1.29, 1.82) is 0 Å². The van der Waals surface area contributed by atoms with Gasteiger partial charge in [-0.05, 0) is 62.0 Å². The molecule has 2 heteroatoms. The van der Waals surface area contributed by atoms with Gasteiger partial charge in [-0.15, -0.1) is 0 Å². The minimum absolute atomic E-state index is 0.809. The predicted octanol–water partition coefficient (Wildman–Crippen LogP) is 13.3. The first kappa shape index (κ1) is 26.8. The topological polar surface area (TPSA) is 26.3 Å². The highest BCUT2D eigenvalue weighted by Crippen LogP contribution is 2.50. The average molecular weight is 613 g/mol. The first-order chi connectivity index (χ1) is 23.8. The molecule has 0 N–H and O–H groups in total. The number of fused-ring (bicyclic) bond motifs is 6. The third-order valence-electron chi connectivity index (χ3n) is 9.66. The van der Waals surface area contributed by atoms with Crippen molar-refractivity contribution in [2.75, 3.05) is 0 Å². The van der Waals surface area contributed by atoms with Gasteiger partial charge in [0.15, 0.2) is 0 Å². The fraction of sp³-hybridized carbons (Fsp3) is 0. The summed E-state index contributed by atoms with van der Waals surface area (Å²) in [6.07, 6.45) is 0. The molecule has 0 spiro atoms. The van der Waals surface area contributed by atoms with Gasteiger partial charge in [0, 0.05) is 38.9 Å². The van der Waals surface area contributed by atoms with Crippen LogP contribution in [0.2, 0.25) is 0 Å². The lowest BCUT2D eigenvalue weighted by atomic mass is 9.84. The van der Waals surface area contributed by atoms with Crippen molar-refractivity contribution in [3.05, 3.63) is 170 Å². The van der Waals surface area contributed by atoms with Crippen molar-refractivity contribution in [3.8, 4) is 44.7 Å². The molecule has 0 saturated carbocycles. The predicted molar refractivity (Wildman–Crippen MR) is 200 cm³/mol. The molecule has 0 aliphatic carbocycles. The lowest BCUT2D eigenvalue weighted by molar-refractivity contribution is 0.629. The van der Waals surface area contributed by atoms with Gasteiger partial charge >= 0.3 is 0 Å².